The molecule has 0 heterocycles. The minimum Gasteiger partial charge on any atom is -0.356 e. The van der Waals surface area contributed by atoms with Crippen LogP contribution in [0.3, 0.4) is 0 Å². The Bertz CT molecular complexity index is 1350. The summed E-state index contributed by atoms with van der Waals surface area (Å²) in [5.41, 5.74) is 1.56. The average molecular weight is 1230 g/mol. The van der Waals surface area contributed by atoms with Gasteiger partial charge in [0.15, 0.2) is 0 Å². The number of hydrogen-bond acceptors (Lipinski definition) is 6. The summed E-state index contributed by atoms with van der Waals surface area (Å²) in [5.74, 6) is -0.868. The van der Waals surface area contributed by atoms with Crippen molar-refractivity contribution >= 4 is 0 Å². The molecule has 0 atom stereocenters. The third-order valence-corrected chi connectivity index (χ3v) is 18.9. The summed E-state index contributed by atoms with van der Waals surface area (Å²) in [6.45, 7) is 19.3. The van der Waals surface area contributed by atoms with Crippen molar-refractivity contribution in [3.8, 4) is 0 Å². The molecule has 1 rings (SSSR count). The molecule has 0 radical (unpaired) electrons. The molecule has 0 aliphatic heterocycles. The summed E-state index contributed by atoms with van der Waals surface area (Å²) in [5, 5.41) is 14.8. The lowest BCUT2D eigenvalue weighted by atomic mass is 10.0. The van der Waals surface area contributed by atoms with Gasteiger partial charge in [-0.05, 0) is 64.2 Å². The average Bonchev–Trinajstić information content (AvgIpc) is 3.61. The molecular weight excluding hydrogens is 1070 g/mol. The number of ether oxygens (including phenoxy) is 3. The maximum atomic E-state index is 8.25. The lowest BCUT2D eigenvalue weighted by Gasteiger charge is -2.39. The van der Waals surface area contributed by atoms with Gasteiger partial charge in [0.25, 0.3) is 5.97 Å². The van der Waals surface area contributed by atoms with Gasteiger partial charge in [-0.25, -0.2) is 0 Å². The van der Waals surface area contributed by atoms with Crippen molar-refractivity contribution in [1.29, 1.82) is 0 Å². The topological polar surface area (TPSA) is 93.9 Å². The van der Waals surface area contributed by atoms with E-state index < -0.39 is 11.1 Å². The number of hydrogen-bond donors (Lipinski definition) is 0. The van der Waals surface area contributed by atoms with E-state index in [1.165, 1.54) is 384 Å². The van der Waals surface area contributed by atoms with Gasteiger partial charge in [-0.1, -0.05) is 380 Å². The van der Waals surface area contributed by atoms with Crippen LogP contribution in [0.1, 0.15) is 425 Å². The number of rotatable bonds is 72. The molecule has 8 heteroatoms. The fourth-order valence-electron chi connectivity index (χ4n) is 13.2. The Balaban J connectivity index is 0.0000179. The van der Waals surface area contributed by atoms with E-state index >= 15 is 0 Å². The molecule has 0 aliphatic carbocycles. The summed E-state index contributed by atoms with van der Waals surface area (Å²) >= 11 is 0. The third kappa shape index (κ3) is 62.8. The first-order valence-electron chi connectivity index (χ1n) is 39.4. The van der Waals surface area contributed by atoms with E-state index in [1.54, 1.807) is 5.56 Å². The van der Waals surface area contributed by atoms with Crippen LogP contribution in [0.25, 0.3) is 0 Å². The molecule has 0 N–H and O–H groups in total. The first-order chi connectivity index (χ1) is 42.8. The summed E-state index contributed by atoms with van der Waals surface area (Å²) in [4.78, 5) is 8.25. The highest BCUT2D eigenvalue weighted by Crippen LogP contribution is 2.28. The van der Waals surface area contributed by atoms with Crippen molar-refractivity contribution < 1.29 is 23.8 Å². The number of unbranched alkanes of at least 4 members (excludes halogenated alkanes) is 53. The normalized spacial score (nSPS) is 11.9. The van der Waals surface area contributed by atoms with Gasteiger partial charge < -0.3 is 34.0 Å². The summed E-state index contributed by atoms with van der Waals surface area (Å²) in [7, 11) is 0. The number of nitrogens with zero attached hydrogens (tertiary/aromatic N) is 2. The first kappa shape index (κ1) is 85.3. The molecule has 1 aromatic carbocycles. The van der Waals surface area contributed by atoms with Gasteiger partial charge >= 0.3 is 0 Å². The Kier molecular flexibility index (Phi) is 68.7. The van der Waals surface area contributed by atoms with E-state index in [-0.39, 0.29) is 0 Å². The van der Waals surface area contributed by atoms with Gasteiger partial charge in [-0.15, -0.1) is 0 Å². The van der Waals surface area contributed by atoms with Crippen molar-refractivity contribution in [3.63, 3.8) is 0 Å². The van der Waals surface area contributed by atoms with E-state index in [9.17, 15) is 0 Å². The molecule has 0 aromatic heterocycles. The zero-order valence-electron chi connectivity index (χ0n) is 59.6. The highest BCUT2D eigenvalue weighted by molar-refractivity contribution is 5.13. The SMILES string of the molecule is CCCCCCCCCCCCOC(CCCCCCCCCCC[N+](CCCCCCCCCCCC)(CCCCCCCCCCCC)Cc1ccccc1)(OCCCCCCCCCCCC)OCCCCCCCCCCCC.O=[N+]([O-])[O-]. The Morgan fingerprint density at radius 3 is 0.724 bits per heavy atom. The van der Waals surface area contributed by atoms with E-state index in [2.05, 4.69) is 65.0 Å². The van der Waals surface area contributed by atoms with E-state index in [0.29, 0.717) is 0 Å². The maximum absolute atomic E-state index is 8.25. The predicted molar refractivity (Wildman–Crippen MR) is 381 cm³/mol. The monoisotopic (exact) mass is 1230 g/mol. The van der Waals surface area contributed by atoms with Crippen LogP contribution in [0, 0.1) is 15.3 Å². The molecule has 0 saturated carbocycles. The van der Waals surface area contributed by atoms with Crippen molar-refractivity contribution in [2.45, 2.75) is 432 Å². The molecule has 0 bridgehead atoms. The van der Waals surface area contributed by atoms with E-state index in [1.807, 2.05) is 0 Å². The van der Waals surface area contributed by atoms with E-state index in [0.717, 1.165) is 51.9 Å². The lowest BCUT2D eigenvalue weighted by molar-refractivity contribution is -0.941. The second kappa shape index (κ2) is 70.1. The molecule has 0 amide bonds. The Morgan fingerprint density at radius 2 is 0.494 bits per heavy atom. The smallest absolute Gasteiger partial charge is 0.282 e. The van der Waals surface area contributed by atoms with Crippen LogP contribution >= 0.6 is 0 Å². The largest absolute Gasteiger partial charge is 0.356 e. The quantitative estimate of drug-likeness (QED) is 0.0212. The highest BCUT2D eigenvalue weighted by Gasteiger charge is 2.33. The molecule has 87 heavy (non-hydrogen) atoms. The van der Waals surface area contributed by atoms with Crippen LogP contribution in [-0.2, 0) is 20.8 Å². The summed E-state index contributed by atoms with van der Waals surface area (Å²) in [6.07, 6.45) is 81.8. The molecule has 8 nitrogen and oxygen atoms in total. The molecule has 0 saturated heterocycles. The predicted octanol–water partition coefficient (Wildman–Crippen LogP) is 27.0. The van der Waals surface area contributed by atoms with Gasteiger partial charge in [0, 0.05) is 12.0 Å². The molecule has 0 unspecified atom stereocenters. The van der Waals surface area contributed by atoms with Gasteiger partial charge in [0.1, 0.15) is 6.54 Å². The van der Waals surface area contributed by atoms with Crippen LogP contribution in [0.4, 0.5) is 0 Å². The van der Waals surface area contributed by atoms with Crippen molar-refractivity contribution in [1.82, 2.24) is 0 Å². The maximum Gasteiger partial charge on any atom is 0.282 e. The van der Waals surface area contributed by atoms with Crippen molar-refractivity contribution in [2.75, 3.05) is 39.5 Å². The van der Waals surface area contributed by atoms with Crippen LogP contribution < -0.4 is 0 Å². The lowest BCUT2D eigenvalue weighted by Crippen LogP contribution is -2.49. The second-order valence-corrected chi connectivity index (χ2v) is 27.5. The van der Waals surface area contributed by atoms with Gasteiger partial charge in [0.2, 0.25) is 0 Å². The molecule has 0 fully saturated rings. The Hall–Kier alpha value is -1.74. The first-order valence-corrected chi connectivity index (χ1v) is 39.4. The van der Waals surface area contributed by atoms with Crippen LogP contribution in [0.2, 0.25) is 0 Å². The zero-order chi connectivity index (χ0) is 63.2. The minimum absolute atomic E-state index is 0.761. The van der Waals surface area contributed by atoms with Gasteiger partial charge in [0.05, 0.1) is 44.5 Å². The van der Waals surface area contributed by atoms with Crippen LogP contribution in [0.15, 0.2) is 30.3 Å². The second-order valence-electron chi connectivity index (χ2n) is 27.5. The Morgan fingerprint density at radius 1 is 0.299 bits per heavy atom. The molecular formula is C79H154N2O6. The molecule has 0 spiro atoms. The zero-order valence-corrected chi connectivity index (χ0v) is 59.6. The number of quaternary nitrogens is 1. The molecule has 516 valence electrons. The van der Waals surface area contributed by atoms with Crippen LogP contribution in [0.5, 0.6) is 0 Å². The molecule has 0 aliphatic rings. The minimum atomic E-state index is -1.75. The summed E-state index contributed by atoms with van der Waals surface area (Å²) in [6, 6.07) is 11.6. The van der Waals surface area contributed by atoms with Crippen LogP contribution in [-0.4, -0.2) is 55.0 Å². The summed E-state index contributed by atoms with van der Waals surface area (Å²) < 4.78 is 22.0. The fraction of sp³-hybridized carbons (Fsp3) is 0.924. The van der Waals surface area contributed by atoms with Crippen molar-refractivity contribution in [2.24, 2.45) is 0 Å². The van der Waals surface area contributed by atoms with E-state index in [4.69, 9.17) is 29.5 Å². The van der Waals surface area contributed by atoms with Gasteiger partial charge in [-0.2, -0.15) is 0 Å². The van der Waals surface area contributed by atoms with Gasteiger partial charge in [-0.3, -0.25) is 0 Å². The third-order valence-electron chi connectivity index (χ3n) is 18.9. The number of benzene rings is 1. The molecule has 1 aromatic rings. The fourth-order valence-corrected chi connectivity index (χ4v) is 13.2. The Labute approximate surface area is 544 Å². The standard InChI is InChI=1S/C79H154NO3.NO3/c1-6-11-16-21-26-31-38-45-52-62-71-80(77-78-68-59-58-60-69-78,72-63-53-46-39-32-27-22-17-12-7-2)73-64-54-47-40-36-37-44-51-61-70-79(81-74-65-55-48-41-33-28-23-18-13-8-3,82-75-66-56-49-42-34-29-24-19-14-9-4)83-76-67-57-50-43-35-30-25-20-15-10-5;2-1(3)4/h58-60,68-69H,6-57,61-67,70-77H2,1-5H3;/q+1;-1. The van der Waals surface area contributed by atoms with Crippen molar-refractivity contribution in [3.05, 3.63) is 51.2 Å². The highest BCUT2D eigenvalue weighted by atomic mass is 16.9.